The molecule has 2 N–H and O–H groups in total. The van der Waals surface area contributed by atoms with Crippen LogP contribution in [0.3, 0.4) is 0 Å². The lowest BCUT2D eigenvalue weighted by atomic mass is 10.2. The van der Waals surface area contributed by atoms with Gasteiger partial charge in [0.05, 0.1) is 5.69 Å². The summed E-state index contributed by atoms with van der Waals surface area (Å²) in [5.74, 6) is 0. The van der Waals surface area contributed by atoms with Crippen molar-refractivity contribution in [1.82, 2.24) is 4.98 Å². The number of nitrogens with two attached hydrogens (primary N) is 1. The predicted octanol–water partition coefficient (Wildman–Crippen LogP) is 1.66. The second kappa shape index (κ2) is 4.59. The SMILES string of the molecule is CCC(N)c1csc(C(C)S(C)(=O)=O)n1. The molecule has 0 saturated heterocycles. The lowest BCUT2D eigenvalue weighted by molar-refractivity contribution is 0.591. The average molecular weight is 248 g/mol. The minimum absolute atomic E-state index is 0.0956. The minimum atomic E-state index is -3.07. The molecule has 0 aliphatic heterocycles. The molecule has 0 amide bonds. The zero-order valence-electron chi connectivity index (χ0n) is 9.10. The van der Waals surface area contributed by atoms with Crippen molar-refractivity contribution in [2.75, 3.05) is 6.26 Å². The molecule has 15 heavy (non-hydrogen) atoms. The van der Waals surface area contributed by atoms with Gasteiger partial charge in [-0.1, -0.05) is 6.92 Å². The summed E-state index contributed by atoms with van der Waals surface area (Å²) in [6.07, 6.45) is 2.02. The maximum atomic E-state index is 11.3. The van der Waals surface area contributed by atoms with Gasteiger partial charge in [-0.05, 0) is 13.3 Å². The highest BCUT2D eigenvalue weighted by Gasteiger charge is 2.21. The van der Waals surface area contributed by atoms with E-state index in [1.807, 2.05) is 12.3 Å². The van der Waals surface area contributed by atoms with Gasteiger partial charge in [-0.15, -0.1) is 11.3 Å². The molecular formula is C9H16N2O2S2. The van der Waals surface area contributed by atoms with E-state index in [2.05, 4.69) is 4.98 Å². The van der Waals surface area contributed by atoms with Crippen molar-refractivity contribution in [3.8, 4) is 0 Å². The maximum Gasteiger partial charge on any atom is 0.156 e. The minimum Gasteiger partial charge on any atom is -0.323 e. The van der Waals surface area contributed by atoms with Crippen molar-refractivity contribution in [2.45, 2.75) is 31.6 Å². The van der Waals surface area contributed by atoms with E-state index < -0.39 is 15.1 Å². The number of sulfone groups is 1. The van der Waals surface area contributed by atoms with Crippen LogP contribution in [0.4, 0.5) is 0 Å². The summed E-state index contributed by atoms with van der Waals surface area (Å²) in [5, 5.41) is 1.92. The summed E-state index contributed by atoms with van der Waals surface area (Å²) in [7, 11) is -3.07. The van der Waals surface area contributed by atoms with Gasteiger partial charge >= 0.3 is 0 Å². The largest absolute Gasteiger partial charge is 0.323 e. The van der Waals surface area contributed by atoms with Crippen LogP contribution in [-0.4, -0.2) is 19.7 Å². The van der Waals surface area contributed by atoms with Crippen LogP contribution >= 0.6 is 11.3 Å². The molecule has 0 aliphatic carbocycles. The summed E-state index contributed by atoms with van der Waals surface area (Å²) < 4.78 is 22.6. The van der Waals surface area contributed by atoms with Gasteiger partial charge in [-0.2, -0.15) is 0 Å². The molecule has 4 nitrogen and oxygen atoms in total. The van der Waals surface area contributed by atoms with Gasteiger partial charge < -0.3 is 5.73 Å². The van der Waals surface area contributed by atoms with E-state index in [4.69, 9.17) is 5.73 Å². The number of hydrogen-bond donors (Lipinski definition) is 1. The Labute approximate surface area is 94.4 Å². The number of aromatic nitrogens is 1. The van der Waals surface area contributed by atoms with E-state index >= 15 is 0 Å². The maximum absolute atomic E-state index is 11.3. The molecule has 0 bridgehead atoms. The van der Waals surface area contributed by atoms with Gasteiger partial charge in [0.25, 0.3) is 0 Å². The summed E-state index contributed by atoms with van der Waals surface area (Å²) in [4.78, 5) is 4.26. The molecule has 0 fully saturated rings. The first-order valence-electron chi connectivity index (χ1n) is 4.76. The van der Waals surface area contributed by atoms with Crippen molar-refractivity contribution in [1.29, 1.82) is 0 Å². The standard InChI is InChI=1S/C9H16N2O2S2/c1-4-7(10)8-5-14-9(11-8)6(2)15(3,12)13/h5-7H,4,10H2,1-3H3. The molecule has 1 rings (SSSR count). The fourth-order valence-electron chi connectivity index (χ4n) is 1.05. The summed E-state index contributed by atoms with van der Waals surface area (Å²) in [6, 6.07) is -0.0956. The number of hydrogen-bond acceptors (Lipinski definition) is 5. The van der Waals surface area contributed by atoms with Crippen LogP contribution in [0.2, 0.25) is 0 Å². The van der Waals surface area contributed by atoms with E-state index in [1.54, 1.807) is 6.92 Å². The molecule has 86 valence electrons. The third-order valence-corrected chi connectivity index (χ3v) is 5.05. The Bertz CT molecular complexity index is 425. The van der Waals surface area contributed by atoms with E-state index in [0.717, 1.165) is 12.1 Å². The Balaban J connectivity index is 2.94. The van der Waals surface area contributed by atoms with Gasteiger partial charge in [0.2, 0.25) is 0 Å². The van der Waals surface area contributed by atoms with Crippen molar-refractivity contribution in [2.24, 2.45) is 5.73 Å². The third-order valence-electron chi connectivity index (χ3n) is 2.35. The Hall–Kier alpha value is -0.460. The van der Waals surface area contributed by atoms with Crippen LogP contribution in [0.25, 0.3) is 0 Å². The second-order valence-electron chi connectivity index (χ2n) is 3.60. The highest BCUT2D eigenvalue weighted by atomic mass is 32.2. The van der Waals surface area contributed by atoms with Crippen LogP contribution in [-0.2, 0) is 9.84 Å². The normalized spacial score (nSPS) is 16.3. The monoisotopic (exact) mass is 248 g/mol. The van der Waals surface area contributed by atoms with Gasteiger partial charge in [0, 0.05) is 17.7 Å². The van der Waals surface area contributed by atoms with E-state index in [9.17, 15) is 8.42 Å². The van der Waals surface area contributed by atoms with Gasteiger partial charge in [0.1, 0.15) is 10.3 Å². The Morgan fingerprint density at radius 1 is 1.60 bits per heavy atom. The fourth-order valence-corrected chi connectivity index (χ4v) is 2.98. The van der Waals surface area contributed by atoms with Gasteiger partial charge in [0.15, 0.2) is 9.84 Å². The summed E-state index contributed by atoms with van der Waals surface area (Å²) in [5.41, 5.74) is 6.60. The first-order valence-corrected chi connectivity index (χ1v) is 7.59. The lowest BCUT2D eigenvalue weighted by Gasteiger charge is -2.06. The summed E-state index contributed by atoms with van der Waals surface area (Å²) >= 11 is 1.36. The quantitative estimate of drug-likeness (QED) is 0.879. The third kappa shape index (κ3) is 2.99. The molecule has 0 saturated carbocycles. The average Bonchev–Trinajstić information content (AvgIpc) is 2.62. The van der Waals surface area contributed by atoms with E-state index in [1.165, 1.54) is 17.6 Å². The highest BCUT2D eigenvalue weighted by Crippen LogP contribution is 2.26. The fraction of sp³-hybridized carbons (Fsp3) is 0.667. The molecular weight excluding hydrogens is 232 g/mol. The van der Waals surface area contributed by atoms with Crippen molar-refractivity contribution in [3.05, 3.63) is 16.1 Å². The van der Waals surface area contributed by atoms with Gasteiger partial charge in [-0.3, -0.25) is 0 Å². The highest BCUT2D eigenvalue weighted by molar-refractivity contribution is 7.91. The number of nitrogens with zero attached hydrogens (tertiary/aromatic N) is 1. The smallest absolute Gasteiger partial charge is 0.156 e. The van der Waals surface area contributed by atoms with E-state index in [-0.39, 0.29) is 6.04 Å². The first-order chi connectivity index (χ1) is 6.86. The summed E-state index contributed by atoms with van der Waals surface area (Å²) in [6.45, 7) is 3.62. The first kappa shape index (κ1) is 12.6. The van der Waals surface area contributed by atoms with Crippen molar-refractivity contribution >= 4 is 21.2 Å². The molecule has 2 unspecified atom stereocenters. The Morgan fingerprint density at radius 3 is 2.67 bits per heavy atom. The molecule has 0 aliphatic rings. The van der Waals surface area contributed by atoms with Gasteiger partial charge in [-0.25, -0.2) is 13.4 Å². The molecule has 1 heterocycles. The van der Waals surface area contributed by atoms with Crippen LogP contribution in [0, 0.1) is 0 Å². The zero-order chi connectivity index (χ0) is 11.6. The molecule has 2 atom stereocenters. The topological polar surface area (TPSA) is 73.1 Å². The van der Waals surface area contributed by atoms with Crippen LogP contribution < -0.4 is 5.73 Å². The van der Waals surface area contributed by atoms with Crippen molar-refractivity contribution < 1.29 is 8.42 Å². The molecule has 6 heteroatoms. The predicted molar refractivity (Wildman–Crippen MR) is 62.6 cm³/mol. The lowest BCUT2D eigenvalue weighted by Crippen LogP contribution is -2.11. The molecule has 0 spiro atoms. The second-order valence-corrected chi connectivity index (χ2v) is 6.85. The van der Waals surface area contributed by atoms with E-state index in [0.29, 0.717) is 5.01 Å². The number of thiazole rings is 1. The molecule has 0 aromatic carbocycles. The van der Waals surface area contributed by atoms with Crippen LogP contribution in [0.15, 0.2) is 5.38 Å². The zero-order valence-corrected chi connectivity index (χ0v) is 10.7. The van der Waals surface area contributed by atoms with Crippen molar-refractivity contribution in [3.63, 3.8) is 0 Å². The molecule has 1 aromatic heterocycles. The van der Waals surface area contributed by atoms with Crippen LogP contribution in [0.1, 0.15) is 42.3 Å². The number of rotatable bonds is 4. The molecule has 1 aromatic rings. The Morgan fingerprint density at radius 2 is 2.20 bits per heavy atom. The Kier molecular flexibility index (Phi) is 3.86. The molecule has 0 radical (unpaired) electrons. The van der Waals surface area contributed by atoms with Crippen LogP contribution in [0.5, 0.6) is 0 Å².